The Hall–Kier alpha value is -0.560. The van der Waals surface area contributed by atoms with E-state index in [2.05, 4.69) is 23.4 Å². The van der Waals surface area contributed by atoms with Gasteiger partial charge in [0, 0.05) is 0 Å². The lowest BCUT2D eigenvalue weighted by molar-refractivity contribution is 1.16. The van der Waals surface area contributed by atoms with Gasteiger partial charge in [-0.05, 0) is 46.7 Å². The number of rotatable bonds is 2. The maximum absolute atomic E-state index is 4.07. The monoisotopic (exact) mass is 150 g/mol. The largest absolute Gasteiger partial charge is 0.152 e. The second-order valence-electron chi connectivity index (χ2n) is 2.81. The molecule has 1 heterocycles. The maximum atomic E-state index is 4.07. The van der Waals surface area contributed by atoms with E-state index in [1.54, 1.807) is 11.3 Å². The van der Waals surface area contributed by atoms with Crippen LogP contribution >= 0.6 is 11.3 Å². The van der Waals surface area contributed by atoms with Crippen LogP contribution in [-0.2, 0) is 0 Å². The minimum absolute atomic E-state index is 0.814. The van der Waals surface area contributed by atoms with Crippen LogP contribution in [0.1, 0.15) is 18.4 Å². The van der Waals surface area contributed by atoms with Crippen molar-refractivity contribution in [2.45, 2.75) is 12.8 Å². The zero-order valence-electron chi connectivity index (χ0n) is 5.84. The summed E-state index contributed by atoms with van der Waals surface area (Å²) in [7, 11) is 0. The van der Waals surface area contributed by atoms with Crippen molar-refractivity contribution in [3.63, 3.8) is 0 Å². The van der Waals surface area contributed by atoms with E-state index in [-0.39, 0.29) is 0 Å². The van der Waals surface area contributed by atoms with E-state index >= 15 is 0 Å². The third-order valence-corrected chi connectivity index (χ3v) is 2.65. The molecule has 0 aromatic carbocycles. The molecule has 0 aliphatic heterocycles. The Labute approximate surface area is 65.2 Å². The van der Waals surface area contributed by atoms with E-state index in [9.17, 15) is 0 Å². The van der Waals surface area contributed by atoms with E-state index in [0.29, 0.717) is 0 Å². The molecular formula is C9H10S. The fraction of sp³-hybridized carbons (Fsp3) is 0.333. The molecule has 10 heavy (non-hydrogen) atoms. The average Bonchev–Trinajstić information content (AvgIpc) is 2.65. The van der Waals surface area contributed by atoms with Crippen LogP contribution in [0.15, 0.2) is 23.4 Å². The van der Waals surface area contributed by atoms with Gasteiger partial charge in [0.2, 0.25) is 0 Å². The molecule has 2 rings (SSSR count). The molecule has 1 aromatic rings. The molecule has 1 saturated carbocycles. The summed E-state index contributed by atoms with van der Waals surface area (Å²) >= 11 is 1.75. The van der Waals surface area contributed by atoms with Crippen LogP contribution in [-0.4, -0.2) is 0 Å². The second-order valence-corrected chi connectivity index (χ2v) is 3.59. The third kappa shape index (κ3) is 1.01. The van der Waals surface area contributed by atoms with Gasteiger partial charge in [-0.3, -0.25) is 0 Å². The SMILES string of the molecule is C=C(c1ccsc1)C1CC1. The van der Waals surface area contributed by atoms with Crippen molar-refractivity contribution >= 4 is 16.9 Å². The predicted octanol–water partition coefficient (Wildman–Crippen LogP) is 3.17. The molecule has 1 aliphatic carbocycles. The van der Waals surface area contributed by atoms with Gasteiger partial charge in [0.25, 0.3) is 0 Å². The Morgan fingerprint density at radius 1 is 1.60 bits per heavy atom. The van der Waals surface area contributed by atoms with E-state index in [4.69, 9.17) is 0 Å². The van der Waals surface area contributed by atoms with Crippen molar-refractivity contribution in [2.24, 2.45) is 5.92 Å². The highest BCUT2D eigenvalue weighted by atomic mass is 32.1. The first-order valence-electron chi connectivity index (χ1n) is 3.59. The van der Waals surface area contributed by atoms with Crippen molar-refractivity contribution < 1.29 is 0 Å². The summed E-state index contributed by atoms with van der Waals surface area (Å²) in [4.78, 5) is 0. The summed E-state index contributed by atoms with van der Waals surface area (Å²) in [6, 6.07) is 2.16. The molecule has 0 amide bonds. The van der Waals surface area contributed by atoms with E-state index in [1.165, 1.54) is 24.0 Å². The predicted molar refractivity (Wildman–Crippen MR) is 46.1 cm³/mol. The number of allylic oxidation sites excluding steroid dienone is 1. The first kappa shape index (κ1) is 6.17. The Kier molecular flexibility index (Phi) is 1.38. The average molecular weight is 150 g/mol. The molecule has 1 heteroatoms. The number of thiophene rings is 1. The fourth-order valence-electron chi connectivity index (χ4n) is 1.11. The maximum Gasteiger partial charge on any atom is -0.00181 e. The normalized spacial score (nSPS) is 17.2. The van der Waals surface area contributed by atoms with Crippen molar-refractivity contribution in [2.75, 3.05) is 0 Å². The molecule has 1 fully saturated rings. The lowest BCUT2D eigenvalue weighted by Crippen LogP contribution is -1.78. The van der Waals surface area contributed by atoms with Gasteiger partial charge < -0.3 is 0 Å². The summed E-state index contributed by atoms with van der Waals surface area (Å²) in [5.74, 6) is 0.814. The molecular weight excluding hydrogens is 140 g/mol. The second kappa shape index (κ2) is 2.24. The Bertz CT molecular complexity index is 229. The van der Waals surface area contributed by atoms with Gasteiger partial charge in [0.05, 0.1) is 0 Å². The Morgan fingerprint density at radius 2 is 2.40 bits per heavy atom. The molecule has 0 radical (unpaired) electrons. The highest BCUT2D eigenvalue weighted by molar-refractivity contribution is 7.08. The van der Waals surface area contributed by atoms with Crippen LogP contribution in [0.25, 0.3) is 5.57 Å². The van der Waals surface area contributed by atoms with Gasteiger partial charge in [-0.15, -0.1) is 0 Å². The Morgan fingerprint density at radius 3 is 2.90 bits per heavy atom. The first-order valence-corrected chi connectivity index (χ1v) is 4.53. The lowest BCUT2D eigenvalue weighted by Gasteiger charge is -1.96. The minimum atomic E-state index is 0.814. The first-order chi connectivity index (χ1) is 4.88. The molecule has 52 valence electrons. The van der Waals surface area contributed by atoms with Crippen LogP contribution in [0.4, 0.5) is 0 Å². The summed E-state index contributed by atoms with van der Waals surface area (Å²) in [6.07, 6.45) is 2.71. The van der Waals surface area contributed by atoms with Crippen molar-refractivity contribution in [1.82, 2.24) is 0 Å². The minimum Gasteiger partial charge on any atom is -0.152 e. The van der Waals surface area contributed by atoms with Crippen LogP contribution in [0.3, 0.4) is 0 Å². The van der Waals surface area contributed by atoms with E-state index in [0.717, 1.165) is 5.92 Å². The molecule has 1 aliphatic rings. The van der Waals surface area contributed by atoms with E-state index < -0.39 is 0 Å². The van der Waals surface area contributed by atoms with Gasteiger partial charge in [0.1, 0.15) is 0 Å². The number of hydrogen-bond acceptors (Lipinski definition) is 1. The topological polar surface area (TPSA) is 0 Å². The summed E-state index contributed by atoms with van der Waals surface area (Å²) in [5.41, 5.74) is 2.70. The summed E-state index contributed by atoms with van der Waals surface area (Å²) in [5, 5.41) is 4.30. The van der Waals surface area contributed by atoms with Gasteiger partial charge in [-0.1, -0.05) is 6.58 Å². The quantitative estimate of drug-likeness (QED) is 0.607. The van der Waals surface area contributed by atoms with Crippen molar-refractivity contribution in [3.05, 3.63) is 29.0 Å². The fourth-order valence-corrected chi connectivity index (χ4v) is 1.79. The molecule has 0 N–H and O–H groups in total. The van der Waals surface area contributed by atoms with Crippen molar-refractivity contribution in [3.8, 4) is 0 Å². The van der Waals surface area contributed by atoms with Gasteiger partial charge >= 0.3 is 0 Å². The zero-order chi connectivity index (χ0) is 6.97. The van der Waals surface area contributed by atoms with Crippen molar-refractivity contribution in [1.29, 1.82) is 0 Å². The van der Waals surface area contributed by atoms with Gasteiger partial charge in [-0.2, -0.15) is 11.3 Å². The standard InChI is InChI=1S/C9H10S/c1-7(8-2-3-8)9-4-5-10-6-9/h4-6,8H,1-3H2. The summed E-state index contributed by atoms with van der Waals surface area (Å²) < 4.78 is 0. The van der Waals surface area contributed by atoms with E-state index in [1.807, 2.05) is 0 Å². The zero-order valence-corrected chi connectivity index (χ0v) is 6.66. The smallest absolute Gasteiger partial charge is 0.00181 e. The molecule has 0 unspecified atom stereocenters. The number of hydrogen-bond donors (Lipinski definition) is 0. The highest BCUT2D eigenvalue weighted by Gasteiger charge is 2.25. The summed E-state index contributed by atoms with van der Waals surface area (Å²) in [6.45, 7) is 4.07. The third-order valence-electron chi connectivity index (χ3n) is 1.96. The van der Waals surface area contributed by atoms with Crippen LogP contribution in [0.2, 0.25) is 0 Å². The Balaban J connectivity index is 2.19. The highest BCUT2D eigenvalue weighted by Crippen LogP contribution is 2.41. The molecule has 0 bridgehead atoms. The molecule has 0 atom stereocenters. The van der Waals surface area contributed by atoms with Gasteiger partial charge in [-0.25, -0.2) is 0 Å². The van der Waals surface area contributed by atoms with Crippen LogP contribution < -0.4 is 0 Å². The van der Waals surface area contributed by atoms with Crippen LogP contribution in [0, 0.1) is 5.92 Å². The molecule has 0 spiro atoms. The lowest BCUT2D eigenvalue weighted by atomic mass is 10.1. The molecule has 0 nitrogen and oxygen atoms in total. The molecule has 0 saturated heterocycles. The molecule has 1 aromatic heterocycles. The van der Waals surface area contributed by atoms with Crippen LogP contribution in [0.5, 0.6) is 0 Å². The van der Waals surface area contributed by atoms with Gasteiger partial charge in [0.15, 0.2) is 0 Å².